The lowest BCUT2D eigenvalue weighted by molar-refractivity contribution is 0.152. The SMILES string of the molecule is COc1cc(CO)cc(Cl)c1OCCC1CCCCN1C. The number of methoxy groups -OCH3 is 1. The molecule has 5 heteroatoms. The molecule has 1 aliphatic heterocycles. The molecule has 0 saturated carbocycles. The molecular weight excluding hydrogens is 290 g/mol. The van der Waals surface area contributed by atoms with Gasteiger partial charge in [0, 0.05) is 6.04 Å². The van der Waals surface area contributed by atoms with Crippen LogP contribution in [0.1, 0.15) is 31.2 Å². The highest BCUT2D eigenvalue weighted by molar-refractivity contribution is 6.32. The monoisotopic (exact) mass is 313 g/mol. The fourth-order valence-corrected chi connectivity index (χ4v) is 3.10. The first kappa shape index (κ1) is 16.4. The van der Waals surface area contributed by atoms with Gasteiger partial charge in [0.15, 0.2) is 11.5 Å². The van der Waals surface area contributed by atoms with Gasteiger partial charge in [-0.3, -0.25) is 0 Å². The van der Waals surface area contributed by atoms with Crippen LogP contribution in [0, 0.1) is 0 Å². The van der Waals surface area contributed by atoms with Crippen LogP contribution < -0.4 is 9.47 Å². The van der Waals surface area contributed by atoms with Gasteiger partial charge in [0.25, 0.3) is 0 Å². The Labute approximate surface area is 131 Å². The number of rotatable bonds is 6. The van der Waals surface area contributed by atoms with Crippen molar-refractivity contribution in [3.05, 3.63) is 22.7 Å². The zero-order valence-corrected chi connectivity index (χ0v) is 13.5. The zero-order chi connectivity index (χ0) is 15.2. The molecule has 1 atom stereocenters. The average Bonchev–Trinajstić information content (AvgIpc) is 2.50. The van der Waals surface area contributed by atoms with E-state index in [1.807, 2.05) is 0 Å². The van der Waals surface area contributed by atoms with E-state index in [4.69, 9.17) is 21.1 Å². The first-order valence-electron chi connectivity index (χ1n) is 7.46. The summed E-state index contributed by atoms with van der Waals surface area (Å²) >= 11 is 6.22. The van der Waals surface area contributed by atoms with Gasteiger partial charge in [-0.25, -0.2) is 0 Å². The summed E-state index contributed by atoms with van der Waals surface area (Å²) in [5.74, 6) is 1.14. The summed E-state index contributed by atoms with van der Waals surface area (Å²) < 4.78 is 11.1. The Bertz CT molecular complexity index is 467. The summed E-state index contributed by atoms with van der Waals surface area (Å²) in [5, 5.41) is 9.67. The number of nitrogens with zero attached hydrogens (tertiary/aromatic N) is 1. The van der Waals surface area contributed by atoms with Gasteiger partial charge in [0.05, 0.1) is 25.3 Å². The molecular formula is C16H24ClNO3. The average molecular weight is 314 g/mol. The van der Waals surface area contributed by atoms with Crippen molar-refractivity contribution in [2.24, 2.45) is 0 Å². The summed E-state index contributed by atoms with van der Waals surface area (Å²) in [4.78, 5) is 2.40. The standard InChI is InChI=1S/C16H24ClNO3/c1-18-7-4-3-5-13(18)6-8-21-16-14(17)9-12(11-19)10-15(16)20-2/h9-10,13,19H,3-8,11H2,1-2H3. The van der Waals surface area contributed by atoms with Gasteiger partial charge in [-0.2, -0.15) is 0 Å². The summed E-state index contributed by atoms with van der Waals surface area (Å²) in [6.45, 7) is 1.72. The quantitative estimate of drug-likeness (QED) is 0.876. The fourth-order valence-electron chi connectivity index (χ4n) is 2.81. The second-order valence-corrected chi connectivity index (χ2v) is 5.94. The molecule has 21 heavy (non-hydrogen) atoms. The molecule has 1 aliphatic rings. The number of likely N-dealkylation sites (tertiary alicyclic amines) is 1. The summed E-state index contributed by atoms with van der Waals surface area (Å²) in [5.41, 5.74) is 0.719. The molecule has 0 amide bonds. The molecule has 1 saturated heterocycles. The van der Waals surface area contributed by atoms with Crippen molar-refractivity contribution in [3.63, 3.8) is 0 Å². The Morgan fingerprint density at radius 3 is 2.86 bits per heavy atom. The van der Waals surface area contributed by atoms with Crippen LogP contribution in [0.3, 0.4) is 0 Å². The van der Waals surface area contributed by atoms with E-state index < -0.39 is 0 Å². The molecule has 2 rings (SSSR count). The minimum Gasteiger partial charge on any atom is -0.493 e. The van der Waals surface area contributed by atoms with Crippen LogP contribution in [0.25, 0.3) is 0 Å². The Morgan fingerprint density at radius 1 is 1.38 bits per heavy atom. The van der Waals surface area contributed by atoms with Crippen LogP contribution in [-0.2, 0) is 6.61 Å². The van der Waals surface area contributed by atoms with Crippen molar-refractivity contribution in [1.82, 2.24) is 4.90 Å². The predicted octanol–water partition coefficient (Wildman–Crippen LogP) is 3.09. The number of hydrogen-bond acceptors (Lipinski definition) is 4. The summed E-state index contributed by atoms with van der Waals surface area (Å²) in [7, 11) is 3.75. The maximum atomic E-state index is 9.19. The van der Waals surface area contributed by atoms with Gasteiger partial charge >= 0.3 is 0 Å². The zero-order valence-electron chi connectivity index (χ0n) is 12.8. The second-order valence-electron chi connectivity index (χ2n) is 5.53. The highest BCUT2D eigenvalue weighted by atomic mass is 35.5. The van der Waals surface area contributed by atoms with Gasteiger partial charge in [-0.05, 0) is 50.6 Å². The Morgan fingerprint density at radius 2 is 2.19 bits per heavy atom. The fraction of sp³-hybridized carbons (Fsp3) is 0.625. The Hall–Kier alpha value is -0.970. The van der Waals surface area contributed by atoms with E-state index in [0.717, 1.165) is 12.0 Å². The molecule has 1 N–H and O–H groups in total. The second kappa shape index (κ2) is 7.87. The molecule has 0 spiro atoms. The molecule has 1 fully saturated rings. The van der Waals surface area contributed by atoms with E-state index in [1.54, 1.807) is 19.2 Å². The van der Waals surface area contributed by atoms with E-state index in [1.165, 1.54) is 25.8 Å². The largest absolute Gasteiger partial charge is 0.493 e. The molecule has 0 aliphatic carbocycles. The van der Waals surface area contributed by atoms with Gasteiger partial charge < -0.3 is 19.5 Å². The van der Waals surface area contributed by atoms with Crippen LogP contribution in [0.5, 0.6) is 11.5 Å². The lowest BCUT2D eigenvalue weighted by Gasteiger charge is -2.32. The molecule has 1 aromatic rings. The minimum absolute atomic E-state index is 0.0662. The van der Waals surface area contributed by atoms with Crippen LogP contribution in [0.15, 0.2) is 12.1 Å². The summed E-state index contributed by atoms with van der Waals surface area (Å²) in [6, 6.07) is 4.06. The van der Waals surface area contributed by atoms with E-state index >= 15 is 0 Å². The number of benzene rings is 1. The Kier molecular flexibility index (Phi) is 6.15. The third-order valence-corrected chi connectivity index (χ3v) is 4.37. The number of halogens is 1. The highest BCUT2D eigenvalue weighted by Gasteiger charge is 2.19. The number of aliphatic hydroxyl groups is 1. The maximum absolute atomic E-state index is 9.19. The predicted molar refractivity (Wildman–Crippen MR) is 84.3 cm³/mol. The van der Waals surface area contributed by atoms with Crippen molar-refractivity contribution < 1.29 is 14.6 Å². The van der Waals surface area contributed by atoms with Crippen LogP contribution in [0.4, 0.5) is 0 Å². The number of piperidine rings is 1. The number of hydrogen-bond donors (Lipinski definition) is 1. The van der Waals surface area contributed by atoms with Crippen molar-refractivity contribution in [2.45, 2.75) is 38.3 Å². The number of ether oxygens (including phenoxy) is 2. The first-order valence-corrected chi connectivity index (χ1v) is 7.83. The van der Waals surface area contributed by atoms with Crippen molar-refractivity contribution in [2.75, 3.05) is 27.3 Å². The third-order valence-electron chi connectivity index (χ3n) is 4.09. The van der Waals surface area contributed by atoms with Crippen LogP contribution in [-0.4, -0.2) is 43.4 Å². The molecule has 1 aromatic carbocycles. The topological polar surface area (TPSA) is 41.9 Å². The molecule has 4 nitrogen and oxygen atoms in total. The van der Waals surface area contributed by atoms with Gasteiger partial charge in [-0.1, -0.05) is 18.0 Å². The van der Waals surface area contributed by atoms with Crippen LogP contribution in [0.2, 0.25) is 5.02 Å². The van der Waals surface area contributed by atoms with E-state index in [-0.39, 0.29) is 6.61 Å². The smallest absolute Gasteiger partial charge is 0.179 e. The normalized spacial score (nSPS) is 19.5. The van der Waals surface area contributed by atoms with E-state index in [0.29, 0.717) is 29.2 Å². The highest BCUT2D eigenvalue weighted by Crippen LogP contribution is 2.36. The minimum atomic E-state index is -0.0662. The van der Waals surface area contributed by atoms with Crippen LogP contribution >= 0.6 is 11.6 Å². The maximum Gasteiger partial charge on any atom is 0.179 e. The molecule has 118 valence electrons. The number of aliphatic hydroxyl groups excluding tert-OH is 1. The molecule has 0 aromatic heterocycles. The third kappa shape index (κ3) is 4.25. The molecule has 0 radical (unpaired) electrons. The van der Waals surface area contributed by atoms with Crippen molar-refractivity contribution >= 4 is 11.6 Å². The van der Waals surface area contributed by atoms with Crippen molar-refractivity contribution in [1.29, 1.82) is 0 Å². The van der Waals surface area contributed by atoms with Gasteiger partial charge in [0.1, 0.15) is 0 Å². The van der Waals surface area contributed by atoms with Gasteiger partial charge in [-0.15, -0.1) is 0 Å². The Balaban J connectivity index is 1.96. The first-order chi connectivity index (χ1) is 10.2. The van der Waals surface area contributed by atoms with Crippen molar-refractivity contribution in [3.8, 4) is 11.5 Å². The molecule has 0 bridgehead atoms. The lowest BCUT2D eigenvalue weighted by atomic mass is 10.0. The van der Waals surface area contributed by atoms with E-state index in [2.05, 4.69) is 11.9 Å². The summed E-state index contributed by atoms with van der Waals surface area (Å²) in [6.07, 6.45) is 4.80. The van der Waals surface area contributed by atoms with E-state index in [9.17, 15) is 5.11 Å². The lowest BCUT2D eigenvalue weighted by Crippen LogP contribution is -2.37. The molecule has 1 heterocycles. The van der Waals surface area contributed by atoms with Gasteiger partial charge in [0.2, 0.25) is 0 Å². The molecule has 1 unspecified atom stereocenters.